The van der Waals surface area contributed by atoms with Crippen LogP contribution >= 0.6 is 0 Å². The smallest absolute Gasteiger partial charge is 0.0810 e. The largest absolute Gasteiger partial charge is 0.275 e. The molecule has 14 heavy (non-hydrogen) atoms. The number of hydrazine groups is 1. The van der Waals surface area contributed by atoms with E-state index < -0.39 is 0 Å². The van der Waals surface area contributed by atoms with Crippen LogP contribution < -0.4 is 11.3 Å². The molecule has 1 heterocycles. The molecule has 0 spiro atoms. The zero-order valence-electron chi connectivity index (χ0n) is 9.36. The standard InChI is InChI=1S/C10H20N4/c1-7(2)8(3)10(12-11)9-5-6-14(4)13-9/h5-8,10,12H,11H2,1-4H3. The van der Waals surface area contributed by atoms with E-state index in [4.69, 9.17) is 5.84 Å². The maximum Gasteiger partial charge on any atom is 0.0810 e. The van der Waals surface area contributed by atoms with Gasteiger partial charge in [0.05, 0.1) is 11.7 Å². The Morgan fingerprint density at radius 3 is 2.43 bits per heavy atom. The number of nitrogens with zero attached hydrogens (tertiary/aromatic N) is 2. The second-order valence-corrected chi connectivity index (χ2v) is 4.16. The molecule has 0 radical (unpaired) electrons. The van der Waals surface area contributed by atoms with Crippen molar-refractivity contribution in [2.24, 2.45) is 24.7 Å². The fraction of sp³-hybridized carbons (Fsp3) is 0.700. The Morgan fingerprint density at radius 2 is 2.07 bits per heavy atom. The molecule has 2 unspecified atom stereocenters. The summed E-state index contributed by atoms with van der Waals surface area (Å²) < 4.78 is 1.80. The van der Waals surface area contributed by atoms with E-state index in [1.807, 2.05) is 19.3 Å². The molecule has 3 N–H and O–H groups in total. The van der Waals surface area contributed by atoms with Gasteiger partial charge in [0.15, 0.2) is 0 Å². The zero-order chi connectivity index (χ0) is 10.7. The summed E-state index contributed by atoms with van der Waals surface area (Å²) in [4.78, 5) is 0. The van der Waals surface area contributed by atoms with Crippen LogP contribution in [0.5, 0.6) is 0 Å². The molecule has 80 valence electrons. The first-order valence-electron chi connectivity index (χ1n) is 5.02. The Kier molecular flexibility index (Phi) is 3.66. The first-order chi connectivity index (χ1) is 6.56. The van der Waals surface area contributed by atoms with Gasteiger partial charge < -0.3 is 0 Å². The van der Waals surface area contributed by atoms with Gasteiger partial charge in [-0.25, -0.2) is 0 Å². The van der Waals surface area contributed by atoms with Gasteiger partial charge in [0.2, 0.25) is 0 Å². The van der Waals surface area contributed by atoms with Crippen molar-refractivity contribution in [1.29, 1.82) is 0 Å². The van der Waals surface area contributed by atoms with Crippen LogP contribution in [0.3, 0.4) is 0 Å². The predicted octanol–water partition coefficient (Wildman–Crippen LogP) is 1.22. The van der Waals surface area contributed by atoms with E-state index in [0.717, 1.165) is 5.69 Å². The van der Waals surface area contributed by atoms with Crippen molar-refractivity contribution in [3.8, 4) is 0 Å². The quantitative estimate of drug-likeness (QED) is 0.562. The van der Waals surface area contributed by atoms with Crippen LogP contribution in [-0.4, -0.2) is 9.78 Å². The average Bonchev–Trinajstić information content (AvgIpc) is 2.53. The molecule has 1 aromatic rings. The lowest BCUT2D eigenvalue weighted by atomic mass is 9.89. The lowest BCUT2D eigenvalue weighted by Gasteiger charge is -2.24. The zero-order valence-corrected chi connectivity index (χ0v) is 9.36. The second kappa shape index (κ2) is 4.57. The van der Waals surface area contributed by atoms with E-state index in [2.05, 4.69) is 31.3 Å². The third-order valence-electron chi connectivity index (χ3n) is 2.81. The fourth-order valence-corrected chi connectivity index (χ4v) is 1.49. The van der Waals surface area contributed by atoms with Crippen LogP contribution in [-0.2, 0) is 7.05 Å². The summed E-state index contributed by atoms with van der Waals surface area (Å²) in [6.45, 7) is 6.57. The van der Waals surface area contributed by atoms with Crippen LogP contribution in [0.25, 0.3) is 0 Å². The minimum atomic E-state index is 0.135. The van der Waals surface area contributed by atoms with Crippen molar-refractivity contribution < 1.29 is 0 Å². The van der Waals surface area contributed by atoms with E-state index in [-0.39, 0.29) is 6.04 Å². The molecule has 4 heteroatoms. The number of hydrogen-bond acceptors (Lipinski definition) is 3. The number of hydrogen-bond donors (Lipinski definition) is 2. The van der Waals surface area contributed by atoms with Gasteiger partial charge in [-0.1, -0.05) is 20.8 Å². The summed E-state index contributed by atoms with van der Waals surface area (Å²) in [6.07, 6.45) is 1.94. The Balaban J connectivity index is 2.81. The molecule has 1 aromatic heterocycles. The fourth-order valence-electron chi connectivity index (χ4n) is 1.49. The van der Waals surface area contributed by atoms with E-state index in [9.17, 15) is 0 Å². The SMILES string of the molecule is CC(C)C(C)C(NN)c1ccn(C)n1. The molecule has 0 aliphatic carbocycles. The summed E-state index contributed by atoms with van der Waals surface area (Å²) >= 11 is 0. The number of aryl methyl sites for hydroxylation is 1. The van der Waals surface area contributed by atoms with Gasteiger partial charge in [-0.15, -0.1) is 0 Å². The lowest BCUT2D eigenvalue weighted by Crippen LogP contribution is -2.34. The first kappa shape index (κ1) is 11.2. The Labute approximate surface area is 85.5 Å². The van der Waals surface area contributed by atoms with Crippen LogP contribution in [0.1, 0.15) is 32.5 Å². The Bertz CT molecular complexity index is 279. The van der Waals surface area contributed by atoms with Gasteiger partial charge in [0.25, 0.3) is 0 Å². The molecule has 0 saturated heterocycles. The minimum absolute atomic E-state index is 0.135. The van der Waals surface area contributed by atoms with Gasteiger partial charge in [-0.05, 0) is 17.9 Å². The molecule has 0 aliphatic heterocycles. The summed E-state index contributed by atoms with van der Waals surface area (Å²) in [5.41, 5.74) is 3.85. The van der Waals surface area contributed by atoms with Crippen molar-refractivity contribution in [2.75, 3.05) is 0 Å². The Hall–Kier alpha value is -0.870. The topological polar surface area (TPSA) is 55.9 Å². The van der Waals surface area contributed by atoms with E-state index >= 15 is 0 Å². The molecule has 0 bridgehead atoms. The molecule has 0 amide bonds. The molecular weight excluding hydrogens is 176 g/mol. The van der Waals surface area contributed by atoms with E-state index in [0.29, 0.717) is 11.8 Å². The van der Waals surface area contributed by atoms with Gasteiger partial charge >= 0.3 is 0 Å². The third-order valence-corrected chi connectivity index (χ3v) is 2.81. The third kappa shape index (κ3) is 2.33. The summed E-state index contributed by atoms with van der Waals surface area (Å²) in [7, 11) is 1.91. The molecular formula is C10H20N4. The minimum Gasteiger partial charge on any atom is -0.275 e. The van der Waals surface area contributed by atoms with Crippen LogP contribution in [0, 0.1) is 11.8 Å². The maximum absolute atomic E-state index is 5.55. The highest BCUT2D eigenvalue weighted by Crippen LogP contribution is 2.25. The number of rotatable bonds is 4. The molecule has 0 aromatic carbocycles. The molecule has 1 rings (SSSR count). The van der Waals surface area contributed by atoms with Crippen LogP contribution in [0.4, 0.5) is 0 Å². The summed E-state index contributed by atoms with van der Waals surface area (Å²) in [6, 6.07) is 2.14. The van der Waals surface area contributed by atoms with Gasteiger partial charge in [0, 0.05) is 13.2 Å². The van der Waals surface area contributed by atoms with E-state index in [1.54, 1.807) is 4.68 Å². The highest BCUT2D eigenvalue weighted by molar-refractivity contribution is 5.06. The molecule has 0 aliphatic rings. The molecule has 0 saturated carbocycles. The predicted molar refractivity (Wildman–Crippen MR) is 57.3 cm³/mol. The number of nitrogens with two attached hydrogens (primary N) is 1. The molecule has 0 fully saturated rings. The normalized spacial score (nSPS) is 15.9. The maximum atomic E-state index is 5.55. The van der Waals surface area contributed by atoms with Crippen LogP contribution in [0.2, 0.25) is 0 Å². The van der Waals surface area contributed by atoms with Crippen molar-refractivity contribution in [3.05, 3.63) is 18.0 Å². The summed E-state index contributed by atoms with van der Waals surface area (Å²) in [5, 5.41) is 4.36. The number of aromatic nitrogens is 2. The highest BCUT2D eigenvalue weighted by atomic mass is 15.3. The van der Waals surface area contributed by atoms with Crippen molar-refractivity contribution in [3.63, 3.8) is 0 Å². The first-order valence-corrected chi connectivity index (χ1v) is 5.02. The second-order valence-electron chi connectivity index (χ2n) is 4.16. The van der Waals surface area contributed by atoms with Crippen molar-refractivity contribution in [2.45, 2.75) is 26.8 Å². The van der Waals surface area contributed by atoms with Crippen LogP contribution in [0.15, 0.2) is 12.3 Å². The Morgan fingerprint density at radius 1 is 1.43 bits per heavy atom. The average molecular weight is 196 g/mol. The van der Waals surface area contributed by atoms with Gasteiger partial charge in [-0.2, -0.15) is 5.10 Å². The van der Waals surface area contributed by atoms with Crippen molar-refractivity contribution >= 4 is 0 Å². The van der Waals surface area contributed by atoms with Crippen molar-refractivity contribution in [1.82, 2.24) is 15.2 Å². The van der Waals surface area contributed by atoms with E-state index in [1.165, 1.54) is 0 Å². The lowest BCUT2D eigenvalue weighted by molar-refractivity contribution is 0.300. The highest BCUT2D eigenvalue weighted by Gasteiger charge is 2.22. The van der Waals surface area contributed by atoms with Gasteiger partial charge in [0.1, 0.15) is 0 Å². The monoisotopic (exact) mass is 196 g/mol. The number of nitrogens with one attached hydrogen (secondary N) is 1. The summed E-state index contributed by atoms with van der Waals surface area (Å²) in [5.74, 6) is 6.60. The molecule has 2 atom stereocenters. The molecule has 4 nitrogen and oxygen atoms in total. The van der Waals surface area contributed by atoms with Gasteiger partial charge in [-0.3, -0.25) is 16.0 Å².